The van der Waals surface area contributed by atoms with Crippen LogP contribution >= 0.6 is 0 Å². The molecule has 0 saturated heterocycles. The van der Waals surface area contributed by atoms with E-state index in [4.69, 9.17) is 0 Å². The number of carbonyl (C=O) groups excluding carboxylic acids is 1. The van der Waals surface area contributed by atoms with Crippen LogP contribution in [0.15, 0.2) is 48.7 Å². The molecule has 0 unspecified atom stereocenters. The molecule has 1 amide bonds. The first-order valence-corrected chi connectivity index (χ1v) is 7.25. The zero-order chi connectivity index (χ0) is 16.7. The van der Waals surface area contributed by atoms with E-state index < -0.39 is 6.29 Å². The van der Waals surface area contributed by atoms with Crippen LogP contribution in [0.4, 0.5) is 14.5 Å². The zero-order valence-electron chi connectivity index (χ0n) is 12.3. The molecule has 5 nitrogen and oxygen atoms in total. The summed E-state index contributed by atoms with van der Waals surface area (Å²) in [6.07, 6.45) is -1.73. The lowest BCUT2D eigenvalue weighted by Gasteiger charge is -2.06. The Labute approximate surface area is 135 Å². The van der Waals surface area contributed by atoms with E-state index in [1.807, 2.05) is 24.3 Å². The number of para-hydroxylation sites is 1. The average molecular weight is 330 g/mol. The molecule has 4 rings (SSSR count). The molecule has 0 spiro atoms. The normalized spacial score (nSPS) is 14.8. The van der Waals surface area contributed by atoms with Crippen LogP contribution in [0.1, 0.15) is 5.56 Å². The molecule has 0 saturated carbocycles. The third-order valence-electron chi connectivity index (χ3n) is 3.71. The Kier molecular flexibility index (Phi) is 3.16. The van der Waals surface area contributed by atoms with E-state index in [0.29, 0.717) is 5.69 Å². The Hall–Kier alpha value is -3.09. The highest BCUT2D eigenvalue weighted by atomic mass is 19.3. The number of benzene rings is 2. The van der Waals surface area contributed by atoms with Gasteiger partial charge in [-0.05, 0) is 23.8 Å². The largest absolute Gasteiger partial charge is 0.586 e. The van der Waals surface area contributed by atoms with Crippen LogP contribution in [0.25, 0.3) is 10.9 Å². The average Bonchev–Trinajstić information content (AvgIpc) is 3.06. The molecule has 0 radical (unpaired) electrons. The van der Waals surface area contributed by atoms with Crippen molar-refractivity contribution in [3.05, 3.63) is 54.2 Å². The van der Waals surface area contributed by atoms with Crippen LogP contribution in [0, 0.1) is 0 Å². The number of ether oxygens (including phenoxy) is 2. The summed E-state index contributed by atoms with van der Waals surface area (Å²) >= 11 is 0. The van der Waals surface area contributed by atoms with Crippen molar-refractivity contribution < 1.29 is 23.0 Å². The first-order chi connectivity index (χ1) is 11.5. The maximum absolute atomic E-state index is 13.0. The molecule has 2 aromatic carbocycles. The number of rotatable bonds is 3. The van der Waals surface area contributed by atoms with Crippen LogP contribution in [0.5, 0.6) is 11.5 Å². The van der Waals surface area contributed by atoms with Crippen LogP contribution in [0.3, 0.4) is 0 Å². The second-order valence-corrected chi connectivity index (χ2v) is 5.41. The molecule has 0 bridgehead atoms. The van der Waals surface area contributed by atoms with Gasteiger partial charge in [0, 0.05) is 28.9 Å². The molecule has 0 atom stereocenters. The summed E-state index contributed by atoms with van der Waals surface area (Å²) in [5.41, 5.74) is 2.17. The van der Waals surface area contributed by atoms with Gasteiger partial charge < -0.3 is 19.8 Å². The third kappa shape index (κ3) is 2.64. The highest BCUT2D eigenvalue weighted by molar-refractivity contribution is 5.96. The van der Waals surface area contributed by atoms with Crippen molar-refractivity contribution in [1.82, 2.24) is 4.98 Å². The number of aromatic amines is 1. The number of aromatic nitrogens is 1. The number of hydrogen-bond donors (Lipinski definition) is 2. The molecule has 1 aliphatic rings. The Morgan fingerprint density at radius 3 is 2.79 bits per heavy atom. The number of alkyl halides is 2. The van der Waals surface area contributed by atoms with Gasteiger partial charge in [0.25, 0.3) is 0 Å². The zero-order valence-corrected chi connectivity index (χ0v) is 12.3. The summed E-state index contributed by atoms with van der Waals surface area (Å²) < 4.78 is 34.7. The van der Waals surface area contributed by atoms with Crippen molar-refractivity contribution in [3.8, 4) is 11.5 Å². The third-order valence-corrected chi connectivity index (χ3v) is 3.71. The number of carbonyl (C=O) groups is 1. The smallest absolute Gasteiger partial charge is 0.395 e. The van der Waals surface area contributed by atoms with Gasteiger partial charge in [-0.25, -0.2) is 0 Å². The highest BCUT2D eigenvalue weighted by Gasteiger charge is 2.43. The van der Waals surface area contributed by atoms with Crippen molar-refractivity contribution in [3.63, 3.8) is 0 Å². The fourth-order valence-electron chi connectivity index (χ4n) is 2.68. The fourth-order valence-corrected chi connectivity index (χ4v) is 2.68. The van der Waals surface area contributed by atoms with Gasteiger partial charge in [-0.1, -0.05) is 18.2 Å². The molecular formula is C17H12F2N2O3. The second kappa shape index (κ2) is 5.23. The standard InChI is InChI=1S/C17H12F2N2O3/c18-17(19)23-14-6-5-11(8-15(14)24-17)21-16(22)7-10-9-20-13-4-2-1-3-12(10)13/h1-6,8-9,20H,7H2,(H,21,22). The van der Waals surface area contributed by atoms with Gasteiger partial charge in [0.1, 0.15) is 0 Å². The van der Waals surface area contributed by atoms with Crippen LogP contribution in [-0.2, 0) is 11.2 Å². The van der Waals surface area contributed by atoms with Gasteiger partial charge in [0.05, 0.1) is 6.42 Å². The molecule has 0 fully saturated rings. The fraction of sp³-hybridized carbons (Fsp3) is 0.118. The first kappa shape index (κ1) is 14.5. The minimum absolute atomic E-state index is 0.0605. The molecule has 3 aromatic rings. The molecule has 7 heteroatoms. The molecule has 2 N–H and O–H groups in total. The van der Waals surface area contributed by atoms with Gasteiger partial charge in [-0.3, -0.25) is 4.79 Å². The van der Waals surface area contributed by atoms with Crippen LogP contribution < -0.4 is 14.8 Å². The van der Waals surface area contributed by atoms with E-state index >= 15 is 0 Å². The molecule has 24 heavy (non-hydrogen) atoms. The van der Waals surface area contributed by atoms with Gasteiger partial charge in [0.2, 0.25) is 5.91 Å². The Morgan fingerprint density at radius 1 is 1.12 bits per heavy atom. The summed E-state index contributed by atoms with van der Waals surface area (Å²) in [5.74, 6) is -0.426. The predicted molar refractivity (Wildman–Crippen MR) is 83.3 cm³/mol. The quantitative estimate of drug-likeness (QED) is 0.770. The second-order valence-electron chi connectivity index (χ2n) is 5.41. The van der Waals surface area contributed by atoms with Gasteiger partial charge in [-0.15, -0.1) is 8.78 Å². The van der Waals surface area contributed by atoms with E-state index in [-0.39, 0.29) is 23.8 Å². The summed E-state index contributed by atoms with van der Waals surface area (Å²) in [7, 11) is 0. The maximum Gasteiger partial charge on any atom is 0.586 e. The first-order valence-electron chi connectivity index (χ1n) is 7.25. The molecule has 1 aromatic heterocycles. The Balaban J connectivity index is 1.49. The topological polar surface area (TPSA) is 63.4 Å². The lowest BCUT2D eigenvalue weighted by atomic mass is 10.1. The SMILES string of the molecule is O=C(Cc1c[nH]c2ccccc12)Nc1ccc2c(c1)OC(F)(F)O2. The maximum atomic E-state index is 13.0. The number of hydrogen-bond acceptors (Lipinski definition) is 3. The number of anilines is 1. The molecule has 1 aliphatic heterocycles. The van der Waals surface area contributed by atoms with Crippen molar-refractivity contribution in [2.24, 2.45) is 0 Å². The van der Waals surface area contributed by atoms with Crippen LogP contribution in [0.2, 0.25) is 0 Å². The van der Waals surface area contributed by atoms with E-state index in [2.05, 4.69) is 19.8 Å². The van der Waals surface area contributed by atoms with Crippen molar-refractivity contribution in [2.45, 2.75) is 12.7 Å². The van der Waals surface area contributed by atoms with E-state index in [1.54, 1.807) is 6.20 Å². The summed E-state index contributed by atoms with van der Waals surface area (Å²) in [4.78, 5) is 15.3. The number of amides is 1. The minimum atomic E-state index is -3.67. The predicted octanol–water partition coefficient (Wildman–Crippen LogP) is 3.67. The summed E-state index contributed by atoms with van der Waals surface area (Å²) in [5, 5.41) is 3.64. The lowest BCUT2D eigenvalue weighted by molar-refractivity contribution is -0.286. The van der Waals surface area contributed by atoms with Gasteiger partial charge >= 0.3 is 6.29 Å². The van der Waals surface area contributed by atoms with Crippen molar-refractivity contribution in [2.75, 3.05) is 5.32 Å². The Morgan fingerprint density at radius 2 is 1.92 bits per heavy atom. The number of H-pyrrole nitrogens is 1. The van der Waals surface area contributed by atoms with E-state index in [1.165, 1.54) is 18.2 Å². The number of nitrogens with one attached hydrogen (secondary N) is 2. The van der Waals surface area contributed by atoms with Gasteiger partial charge in [-0.2, -0.15) is 0 Å². The van der Waals surface area contributed by atoms with Crippen molar-refractivity contribution >= 4 is 22.5 Å². The minimum Gasteiger partial charge on any atom is -0.395 e. The number of halogens is 2. The molecule has 122 valence electrons. The monoisotopic (exact) mass is 330 g/mol. The van der Waals surface area contributed by atoms with E-state index in [0.717, 1.165) is 16.5 Å². The lowest BCUT2D eigenvalue weighted by Crippen LogP contribution is -2.25. The summed E-state index contributed by atoms with van der Waals surface area (Å²) in [6, 6.07) is 11.8. The highest BCUT2D eigenvalue weighted by Crippen LogP contribution is 2.42. The Bertz CT molecular complexity index is 936. The molecule has 2 heterocycles. The molecule has 0 aliphatic carbocycles. The summed E-state index contributed by atoms with van der Waals surface area (Å²) in [6.45, 7) is 0. The van der Waals surface area contributed by atoms with Gasteiger partial charge in [0.15, 0.2) is 11.5 Å². The van der Waals surface area contributed by atoms with E-state index in [9.17, 15) is 13.6 Å². The molecular weight excluding hydrogens is 318 g/mol. The number of fused-ring (bicyclic) bond motifs is 2. The van der Waals surface area contributed by atoms with Crippen LogP contribution in [-0.4, -0.2) is 17.2 Å². The van der Waals surface area contributed by atoms with Crippen molar-refractivity contribution in [1.29, 1.82) is 0 Å².